The van der Waals surface area contributed by atoms with Gasteiger partial charge in [-0.05, 0) is 65.7 Å². The van der Waals surface area contributed by atoms with Crippen molar-refractivity contribution in [2.24, 2.45) is 17.8 Å². The van der Waals surface area contributed by atoms with Crippen molar-refractivity contribution in [2.45, 2.75) is 138 Å². The quantitative estimate of drug-likeness (QED) is 0.142. The maximum absolute atomic E-state index is 13.7. The standard InChI is InChI=1S/C38H54O8/c1-19(2)13-11-12-14-22(25-31(41)23-15-17-37(7,8)45-35(23)27(33(25)43)29(39)20(3)4)26-32(42)24-16-18-38(9,10)46-36(24)28(34(26)44)30(40)21(5)6/h19-22,41-44H,11-18H2,1-10H3. The summed E-state index contributed by atoms with van der Waals surface area (Å²) in [6.07, 6.45) is 4.69. The molecule has 2 heterocycles. The van der Waals surface area contributed by atoms with Crippen LogP contribution in [0.2, 0.25) is 0 Å². The minimum Gasteiger partial charge on any atom is -0.507 e. The number of fused-ring (bicyclic) bond motifs is 2. The van der Waals surface area contributed by atoms with Gasteiger partial charge in [-0.25, -0.2) is 0 Å². The highest BCUT2D eigenvalue weighted by molar-refractivity contribution is 6.05. The van der Waals surface area contributed by atoms with Crippen LogP contribution in [0.15, 0.2) is 0 Å². The smallest absolute Gasteiger partial charge is 0.172 e. The summed E-state index contributed by atoms with van der Waals surface area (Å²) in [5.74, 6) is -3.04. The van der Waals surface area contributed by atoms with Crippen LogP contribution in [0.1, 0.15) is 157 Å². The molecule has 0 saturated heterocycles. The van der Waals surface area contributed by atoms with Crippen LogP contribution < -0.4 is 9.47 Å². The number of carbonyl (C=O) groups excluding carboxylic acids is 2. The van der Waals surface area contributed by atoms with Crippen LogP contribution in [0.5, 0.6) is 34.5 Å². The molecular weight excluding hydrogens is 584 g/mol. The number of hydrogen-bond acceptors (Lipinski definition) is 8. The number of phenols is 4. The fourth-order valence-electron chi connectivity index (χ4n) is 6.78. The van der Waals surface area contributed by atoms with Gasteiger partial charge in [0.1, 0.15) is 56.8 Å². The molecule has 0 radical (unpaired) electrons. The topological polar surface area (TPSA) is 134 Å². The van der Waals surface area contributed by atoms with Crippen molar-refractivity contribution < 1.29 is 39.5 Å². The Bertz CT molecular complexity index is 1410. The Kier molecular flexibility index (Phi) is 10.0. The van der Waals surface area contributed by atoms with Gasteiger partial charge in [-0.1, -0.05) is 60.8 Å². The fraction of sp³-hybridized carbons (Fsp3) is 0.632. The summed E-state index contributed by atoms with van der Waals surface area (Å²) >= 11 is 0. The van der Waals surface area contributed by atoms with E-state index in [0.29, 0.717) is 55.6 Å². The summed E-state index contributed by atoms with van der Waals surface area (Å²) in [6.45, 7) is 18.8. The van der Waals surface area contributed by atoms with Crippen LogP contribution in [0, 0.1) is 17.8 Å². The molecule has 0 spiro atoms. The first-order valence-corrected chi connectivity index (χ1v) is 17.0. The van der Waals surface area contributed by atoms with Crippen molar-refractivity contribution in [1.29, 1.82) is 0 Å². The average molecular weight is 639 g/mol. The van der Waals surface area contributed by atoms with E-state index in [4.69, 9.17) is 9.47 Å². The second-order valence-electron chi connectivity index (χ2n) is 15.6. The van der Waals surface area contributed by atoms with E-state index in [-0.39, 0.29) is 56.8 Å². The summed E-state index contributed by atoms with van der Waals surface area (Å²) in [7, 11) is 0. The van der Waals surface area contributed by atoms with Gasteiger partial charge in [0.25, 0.3) is 0 Å². The molecule has 4 rings (SSSR count). The summed E-state index contributed by atoms with van der Waals surface area (Å²) in [5.41, 5.74) is -0.291. The van der Waals surface area contributed by atoms with E-state index in [2.05, 4.69) is 13.8 Å². The molecule has 0 unspecified atom stereocenters. The molecule has 0 aliphatic carbocycles. The molecular formula is C38H54O8. The molecule has 2 aliphatic rings. The van der Waals surface area contributed by atoms with Crippen LogP contribution >= 0.6 is 0 Å². The van der Waals surface area contributed by atoms with Crippen molar-refractivity contribution in [3.63, 3.8) is 0 Å². The predicted molar refractivity (Wildman–Crippen MR) is 179 cm³/mol. The SMILES string of the molecule is CC(C)CCCCC(c1c(O)c2c(c(C(=O)C(C)C)c1O)OC(C)(C)CC2)c1c(O)c2c(c(C(=O)C(C)C)c1O)OC(C)(C)CC2. The normalized spacial score (nSPS) is 16.7. The molecule has 8 nitrogen and oxygen atoms in total. The van der Waals surface area contributed by atoms with Crippen LogP contribution in [-0.2, 0) is 12.8 Å². The Balaban J connectivity index is 2.08. The zero-order chi connectivity index (χ0) is 34.5. The van der Waals surface area contributed by atoms with Gasteiger partial charge in [-0.15, -0.1) is 0 Å². The maximum Gasteiger partial charge on any atom is 0.172 e. The molecule has 4 N–H and O–H groups in total. The summed E-state index contributed by atoms with van der Waals surface area (Å²) in [4.78, 5) is 27.5. The van der Waals surface area contributed by atoms with Gasteiger partial charge in [0, 0.05) is 40.0 Å². The van der Waals surface area contributed by atoms with Gasteiger partial charge in [0.05, 0.1) is 0 Å². The molecule has 0 atom stereocenters. The van der Waals surface area contributed by atoms with Crippen molar-refractivity contribution in [3.05, 3.63) is 33.4 Å². The molecule has 254 valence electrons. The molecule has 2 aliphatic heterocycles. The number of Topliss-reactive ketones (excluding diaryl/α,β-unsaturated/α-hetero) is 2. The Morgan fingerprint density at radius 3 is 1.35 bits per heavy atom. The van der Waals surface area contributed by atoms with Gasteiger partial charge < -0.3 is 29.9 Å². The highest BCUT2D eigenvalue weighted by Gasteiger charge is 2.42. The molecule has 2 aromatic rings. The van der Waals surface area contributed by atoms with Crippen molar-refractivity contribution in [3.8, 4) is 34.5 Å². The molecule has 8 heteroatoms. The molecule has 46 heavy (non-hydrogen) atoms. The van der Waals surface area contributed by atoms with E-state index in [1.807, 2.05) is 27.7 Å². The Hall–Kier alpha value is -3.42. The third-order valence-corrected chi connectivity index (χ3v) is 9.54. The second kappa shape index (κ2) is 13.0. The highest BCUT2D eigenvalue weighted by Crippen LogP contribution is 2.57. The predicted octanol–water partition coefficient (Wildman–Crippen LogP) is 8.74. The second-order valence-corrected chi connectivity index (χ2v) is 15.6. The van der Waals surface area contributed by atoms with Gasteiger partial charge >= 0.3 is 0 Å². The largest absolute Gasteiger partial charge is 0.507 e. The van der Waals surface area contributed by atoms with Crippen LogP contribution in [-0.4, -0.2) is 43.2 Å². The van der Waals surface area contributed by atoms with E-state index >= 15 is 0 Å². The number of ketones is 2. The van der Waals surface area contributed by atoms with Gasteiger partial charge in [-0.2, -0.15) is 0 Å². The van der Waals surface area contributed by atoms with Crippen LogP contribution in [0.25, 0.3) is 0 Å². The lowest BCUT2D eigenvalue weighted by molar-refractivity contribution is 0.0767. The van der Waals surface area contributed by atoms with E-state index in [1.54, 1.807) is 27.7 Å². The van der Waals surface area contributed by atoms with E-state index in [0.717, 1.165) is 12.8 Å². The summed E-state index contributed by atoms with van der Waals surface area (Å²) in [6, 6.07) is 0. The van der Waals surface area contributed by atoms with Crippen LogP contribution in [0.4, 0.5) is 0 Å². The number of carbonyl (C=O) groups is 2. The molecule has 0 amide bonds. The molecule has 2 aromatic carbocycles. The lowest BCUT2D eigenvalue weighted by Gasteiger charge is -2.37. The summed E-state index contributed by atoms with van der Waals surface area (Å²) in [5, 5.41) is 48.0. The first-order valence-electron chi connectivity index (χ1n) is 17.0. The van der Waals surface area contributed by atoms with Gasteiger partial charge in [0.15, 0.2) is 11.6 Å². The number of rotatable bonds is 11. The van der Waals surface area contributed by atoms with Crippen LogP contribution in [0.3, 0.4) is 0 Å². The zero-order valence-corrected chi connectivity index (χ0v) is 29.4. The first kappa shape index (κ1) is 35.4. The van der Waals surface area contributed by atoms with Crippen molar-refractivity contribution in [2.75, 3.05) is 0 Å². The zero-order valence-electron chi connectivity index (χ0n) is 29.4. The number of phenolic OH excluding ortho intramolecular Hbond substituents is 4. The Labute approximate surface area is 274 Å². The molecule has 0 bridgehead atoms. The maximum atomic E-state index is 13.7. The molecule has 0 saturated carbocycles. The number of hydrogen-bond donors (Lipinski definition) is 4. The molecule has 0 fully saturated rings. The van der Waals surface area contributed by atoms with E-state index in [9.17, 15) is 30.0 Å². The number of unbranched alkanes of at least 4 members (excludes halogenated alkanes) is 1. The van der Waals surface area contributed by atoms with Crippen molar-refractivity contribution >= 4 is 11.6 Å². The number of benzene rings is 2. The minimum atomic E-state index is -0.940. The fourth-order valence-corrected chi connectivity index (χ4v) is 6.78. The van der Waals surface area contributed by atoms with E-state index in [1.165, 1.54) is 0 Å². The summed E-state index contributed by atoms with van der Waals surface area (Å²) < 4.78 is 12.5. The number of ether oxygens (including phenoxy) is 2. The van der Waals surface area contributed by atoms with E-state index < -0.39 is 40.5 Å². The average Bonchev–Trinajstić information content (AvgIpc) is 2.93. The third kappa shape index (κ3) is 6.68. The molecule has 0 aromatic heterocycles. The van der Waals surface area contributed by atoms with Gasteiger partial charge in [-0.3, -0.25) is 9.59 Å². The third-order valence-electron chi connectivity index (χ3n) is 9.54. The Morgan fingerprint density at radius 1 is 0.630 bits per heavy atom. The monoisotopic (exact) mass is 638 g/mol. The first-order chi connectivity index (χ1) is 21.3. The lowest BCUT2D eigenvalue weighted by atomic mass is 9.77. The highest BCUT2D eigenvalue weighted by atomic mass is 16.5. The minimum absolute atomic E-state index is 0.00161. The lowest BCUT2D eigenvalue weighted by Crippen LogP contribution is -2.34. The van der Waals surface area contributed by atoms with Gasteiger partial charge in [0.2, 0.25) is 0 Å². The Morgan fingerprint density at radius 2 is 1.00 bits per heavy atom. The van der Waals surface area contributed by atoms with Crippen molar-refractivity contribution in [1.82, 2.24) is 0 Å². The number of aromatic hydroxyl groups is 4.